The van der Waals surface area contributed by atoms with Crippen LogP contribution in [0, 0.1) is 6.92 Å². The minimum absolute atomic E-state index is 0.157. The molecule has 1 aromatic carbocycles. The fraction of sp³-hybridized carbons (Fsp3) is 0.321. The molecular weight excluding hydrogens is 474 g/mol. The van der Waals surface area contributed by atoms with Crippen LogP contribution in [0.15, 0.2) is 48.6 Å². The summed E-state index contributed by atoms with van der Waals surface area (Å²) in [6.45, 7) is 3.91. The molecule has 9 nitrogen and oxygen atoms in total. The lowest BCUT2D eigenvalue weighted by Crippen LogP contribution is -2.49. The van der Waals surface area contributed by atoms with Gasteiger partial charge in [-0.2, -0.15) is 0 Å². The van der Waals surface area contributed by atoms with Gasteiger partial charge in [0.15, 0.2) is 0 Å². The van der Waals surface area contributed by atoms with Gasteiger partial charge in [-0.15, -0.1) is 0 Å². The summed E-state index contributed by atoms with van der Waals surface area (Å²) in [6, 6.07) is 6.81. The SMILES string of the molecule is COc1ccccc1-n1c(O)c(C=c2c(C)c3c(oc2=O)=C2CCCN4CCCC(=C3)C24)c(=O)[nH]c1=O. The molecule has 9 heteroatoms. The van der Waals surface area contributed by atoms with Gasteiger partial charge in [-0.25, -0.2) is 14.2 Å². The molecule has 2 aliphatic heterocycles. The van der Waals surface area contributed by atoms with E-state index < -0.39 is 22.8 Å². The fourth-order valence-electron chi connectivity index (χ4n) is 5.96. The van der Waals surface area contributed by atoms with Crippen molar-refractivity contribution in [1.29, 1.82) is 0 Å². The van der Waals surface area contributed by atoms with Crippen LogP contribution in [0.4, 0.5) is 0 Å². The van der Waals surface area contributed by atoms with Gasteiger partial charge >= 0.3 is 11.3 Å². The number of piperidine rings is 2. The van der Waals surface area contributed by atoms with Gasteiger partial charge in [0.1, 0.15) is 16.7 Å². The second kappa shape index (κ2) is 8.77. The van der Waals surface area contributed by atoms with E-state index in [-0.39, 0.29) is 22.5 Å². The molecule has 2 saturated heterocycles. The first-order valence-electron chi connectivity index (χ1n) is 12.4. The lowest BCUT2D eigenvalue weighted by atomic mass is 9.80. The van der Waals surface area contributed by atoms with Gasteiger partial charge in [-0.1, -0.05) is 12.1 Å². The van der Waals surface area contributed by atoms with Gasteiger partial charge < -0.3 is 14.3 Å². The highest BCUT2D eigenvalue weighted by Gasteiger charge is 2.36. The van der Waals surface area contributed by atoms with Crippen molar-refractivity contribution in [3.63, 3.8) is 0 Å². The Morgan fingerprint density at radius 2 is 1.89 bits per heavy atom. The number of para-hydroxylation sites is 2. The zero-order valence-electron chi connectivity index (χ0n) is 20.7. The highest BCUT2D eigenvalue weighted by atomic mass is 16.5. The molecule has 1 unspecified atom stereocenters. The Kier molecular flexibility index (Phi) is 5.52. The maximum Gasteiger partial charge on any atom is 0.343 e. The molecule has 1 aliphatic carbocycles. The Hall–Kier alpha value is -4.11. The molecule has 0 spiro atoms. The largest absolute Gasteiger partial charge is 0.495 e. The second-order valence-corrected chi connectivity index (χ2v) is 9.71. The lowest BCUT2D eigenvalue weighted by molar-refractivity contribution is 0.202. The fourth-order valence-corrected chi connectivity index (χ4v) is 5.96. The van der Waals surface area contributed by atoms with Crippen molar-refractivity contribution in [3.8, 4) is 17.3 Å². The number of aromatic nitrogens is 2. The number of nitrogens with one attached hydrogen (secondary N) is 1. The van der Waals surface area contributed by atoms with Gasteiger partial charge in [-0.05, 0) is 86.7 Å². The number of rotatable bonds is 3. The van der Waals surface area contributed by atoms with E-state index in [4.69, 9.17) is 9.15 Å². The van der Waals surface area contributed by atoms with E-state index in [2.05, 4.69) is 16.0 Å². The van der Waals surface area contributed by atoms with Crippen molar-refractivity contribution in [2.75, 3.05) is 20.2 Å². The topological polar surface area (TPSA) is 118 Å². The number of H-pyrrole nitrogens is 1. The molecule has 2 aromatic heterocycles. The molecule has 0 saturated carbocycles. The molecule has 3 aromatic rings. The quantitative estimate of drug-likeness (QED) is 0.553. The summed E-state index contributed by atoms with van der Waals surface area (Å²) in [5.74, 6) is -0.271. The van der Waals surface area contributed by atoms with Gasteiger partial charge in [0, 0.05) is 5.56 Å². The van der Waals surface area contributed by atoms with Crippen LogP contribution < -0.4 is 32.2 Å². The van der Waals surface area contributed by atoms with Crippen molar-refractivity contribution in [2.45, 2.75) is 38.6 Å². The van der Waals surface area contributed by atoms with Crippen LogP contribution in [0.2, 0.25) is 0 Å². The zero-order chi connectivity index (χ0) is 25.8. The van der Waals surface area contributed by atoms with Crippen LogP contribution in [0.3, 0.4) is 0 Å². The third-order valence-corrected chi connectivity index (χ3v) is 7.67. The Morgan fingerprint density at radius 3 is 2.68 bits per heavy atom. The molecule has 2 fully saturated rings. The molecule has 37 heavy (non-hydrogen) atoms. The highest BCUT2D eigenvalue weighted by molar-refractivity contribution is 5.73. The number of aromatic hydroxyl groups is 1. The van der Waals surface area contributed by atoms with E-state index in [0.29, 0.717) is 16.7 Å². The standard InChI is InChI=1S/C28H27N3O6/c1-15-18-13-16-7-5-11-30-12-6-8-17(23(16)30)24(18)37-27(34)19(15)14-20-25(32)29-28(35)31(26(20)33)21-9-3-4-10-22(21)36-2/h3-4,9-10,13-14,23,33H,5-8,11-12H2,1-2H3,(H,29,32,35). The maximum absolute atomic E-state index is 13.3. The summed E-state index contributed by atoms with van der Waals surface area (Å²) in [7, 11) is 1.44. The number of fused-ring (bicyclic) bond motifs is 1. The second-order valence-electron chi connectivity index (χ2n) is 9.71. The average Bonchev–Trinajstić information content (AvgIpc) is 2.89. The minimum Gasteiger partial charge on any atom is -0.495 e. The summed E-state index contributed by atoms with van der Waals surface area (Å²) >= 11 is 0. The molecule has 0 bridgehead atoms. The molecule has 0 amide bonds. The van der Waals surface area contributed by atoms with Crippen molar-refractivity contribution >= 4 is 17.7 Å². The number of hydrogen-bond donors (Lipinski definition) is 2. The van der Waals surface area contributed by atoms with Gasteiger partial charge in [0.25, 0.3) is 5.56 Å². The summed E-state index contributed by atoms with van der Waals surface area (Å²) in [5, 5.41) is 11.2. The predicted molar refractivity (Wildman–Crippen MR) is 139 cm³/mol. The van der Waals surface area contributed by atoms with Crippen molar-refractivity contribution in [3.05, 3.63) is 88.4 Å². The number of benzene rings is 1. The van der Waals surface area contributed by atoms with Crippen molar-refractivity contribution < 1.29 is 14.3 Å². The van der Waals surface area contributed by atoms with E-state index in [9.17, 15) is 19.5 Å². The first kappa shape index (κ1) is 23.3. The number of aromatic amines is 1. The lowest BCUT2D eigenvalue weighted by Gasteiger charge is -2.43. The number of methoxy groups -OCH3 is 1. The molecule has 2 N–H and O–H groups in total. The van der Waals surface area contributed by atoms with Gasteiger partial charge in [0.2, 0.25) is 5.88 Å². The van der Waals surface area contributed by atoms with E-state index in [1.165, 1.54) is 18.8 Å². The third kappa shape index (κ3) is 3.61. The molecule has 4 heterocycles. The van der Waals surface area contributed by atoms with E-state index in [0.717, 1.165) is 54.5 Å². The van der Waals surface area contributed by atoms with Gasteiger partial charge in [0.05, 0.1) is 24.1 Å². The molecule has 3 aliphatic rings. The van der Waals surface area contributed by atoms with E-state index >= 15 is 0 Å². The summed E-state index contributed by atoms with van der Waals surface area (Å²) in [6.07, 6.45) is 7.39. The Morgan fingerprint density at radius 1 is 1.14 bits per heavy atom. The third-order valence-electron chi connectivity index (χ3n) is 7.67. The summed E-state index contributed by atoms with van der Waals surface area (Å²) in [4.78, 5) is 43.4. The molecular formula is C28H27N3O6. The normalized spacial score (nSPS) is 19.3. The Labute approximate surface area is 211 Å². The van der Waals surface area contributed by atoms with Crippen molar-refractivity contribution in [1.82, 2.24) is 14.5 Å². The smallest absolute Gasteiger partial charge is 0.343 e. The van der Waals surface area contributed by atoms with E-state index in [1.807, 2.05) is 6.92 Å². The predicted octanol–water partition coefficient (Wildman–Crippen LogP) is 1.14. The average molecular weight is 502 g/mol. The number of nitrogens with zero attached hydrogens (tertiary/aromatic N) is 2. The minimum atomic E-state index is -0.829. The van der Waals surface area contributed by atoms with Gasteiger partial charge in [-0.3, -0.25) is 14.7 Å². The van der Waals surface area contributed by atoms with Crippen LogP contribution in [0.1, 0.15) is 42.4 Å². The Balaban J connectivity index is 1.61. The first-order chi connectivity index (χ1) is 17.9. The van der Waals surface area contributed by atoms with Crippen LogP contribution in [-0.4, -0.2) is 45.8 Å². The molecule has 6 rings (SSSR count). The summed E-state index contributed by atoms with van der Waals surface area (Å²) < 4.78 is 12.2. The number of hydrogen-bond acceptors (Lipinski definition) is 7. The van der Waals surface area contributed by atoms with Crippen LogP contribution >= 0.6 is 0 Å². The van der Waals surface area contributed by atoms with Crippen LogP contribution in [-0.2, 0) is 0 Å². The molecule has 190 valence electrons. The zero-order valence-corrected chi connectivity index (χ0v) is 20.7. The first-order valence-corrected chi connectivity index (χ1v) is 12.4. The highest BCUT2D eigenvalue weighted by Crippen LogP contribution is 2.37. The molecule has 0 radical (unpaired) electrons. The molecule has 1 atom stereocenters. The summed E-state index contributed by atoms with van der Waals surface area (Å²) in [5.41, 5.74) is 2.39. The monoisotopic (exact) mass is 501 g/mol. The Bertz CT molecular complexity index is 1770. The van der Waals surface area contributed by atoms with E-state index in [1.54, 1.807) is 24.3 Å². The van der Waals surface area contributed by atoms with Crippen LogP contribution in [0.5, 0.6) is 11.6 Å². The van der Waals surface area contributed by atoms with Crippen molar-refractivity contribution in [2.24, 2.45) is 0 Å². The van der Waals surface area contributed by atoms with Crippen LogP contribution in [0.25, 0.3) is 23.4 Å². The maximum atomic E-state index is 13.3. The number of ether oxygens (including phenoxy) is 1.